The first-order chi connectivity index (χ1) is 16.7. The van der Waals surface area contributed by atoms with Crippen molar-refractivity contribution in [2.75, 3.05) is 31.6 Å². The molecule has 0 unspecified atom stereocenters. The van der Waals surface area contributed by atoms with Gasteiger partial charge in [0.1, 0.15) is 10.9 Å². The van der Waals surface area contributed by atoms with E-state index in [1.165, 1.54) is 0 Å². The van der Waals surface area contributed by atoms with E-state index in [-0.39, 0.29) is 29.2 Å². The number of nitrogens with one attached hydrogen (secondary N) is 2. The smallest absolute Gasteiger partial charge is 0.243 e. The molecule has 1 saturated heterocycles. The van der Waals surface area contributed by atoms with E-state index in [1.807, 2.05) is 12.1 Å². The number of pyridine rings is 1. The lowest BCUT2D eigenvalue weighted by Gasteiger charge is -2.35. The van der Waals surface area contributed by atoms with Crippen molar-refractivity contribution in [2.24, 2.45) is 11.3 Å². The van der Waals surface area contributed by atoms with Crippen LogP contribution in [0.4, 0.5) is 5.69 Å². The van der Waals surface area contributed by atoms with Crippen molar-refractivity contribution in [3.8, 4) is 0 Å². The normalized spacial score (nSPS) is 19.0. The number of nitrogens with zero attached hydrogens (tertiary/aromatic N) is 2. The Morgan fingerprint density at radius 1 is 1.26 bits per heavy atom. The van der Waals surface area contributed by atoms with Gasteiger partial charge >= 0.3 is 0 Å². The van der Waals surface area contributed by atoms with Gasteiger partial charge in [-0.15, -0.1) is 0 Å². The van der Waals surface area contributed by atoms with E-state index in [4.69, 9.17) is 0 Å². The molecule has 3 heterocycles. The summed E-state index contributed by atoms with van der Waals surface area (Å²) >= 11 is 0. The van der Waals surface area contributed by atoms with Gasteiger partial charge in [-0.05, 0) is 66.7 Å². The molecule has 0 bridgehead atoms. The molecule has 0 saturated carbocycles. The number of hydrogen-bond donors (Lipinski definition) is 3. The number of carbonyl (C=O) groups excluding carboxylic acids is 1. The maximum absolute atomic E-state index is 13.6. The van der Waals surface area contributed by atoms with Gasteiger partial charge in [0, 0.05) is 38.6 Å². The van der Waals surface area contributed by atoms with E-state index >= 15 is 0 Å². The number of sulfonamides is 1. The Morgan fingerprint density at radius 3 is 2.71 bits per heavy atom. The minimum absolute atomic E-state index is 0.0315. The molecule has 2 aliphatic heterocycles. The molecule has 1 atom stereocenters. The van der Waals surface area contributed by atoms with Crippen molar-refractivity contribution in [3.05, 3.63) is 53.9 Å². The van der Waals surface area contributed by atoms with E-state index in [0.29, 0.717) is 31.2 Å². The maximum Gasteiger partial charge on any atom is 0.243 e. The number of benzene rings is 1. The summed E-state index contributed by atoms with van der Waals surface area (Å²) in [6.07, 6.45) is 6.67. The molecule has 0 aliphatic carbocycles. The molecule has 0 spiro atoms. The van der Waals surface area contributed by atoms with Crippen LogP contribution < -0.4 is 10.0 Å². The molecule has 2 aromatic rings. The molecular weight excluding hydrogens is 464 g/mol. The van der Waals surface area contributed by atoms with Crippen molar-refractivity contribution in [2.45, 2.75) is 56.9 Å². The lowest BCUT2D eigenvalue weighted by Crippen LogP contribution is -2.51. The van der Waals surface area contributed by atoms with Crippen molar-refractivity contribution in [1.82, 2.24) is 14.6 Å². The van der Waals surface area contributed by atoms with Crippen LogP contribution in [0.15, 0.2) is 47.6 Å². The number of hydrogen-bond acceptors (Lipinski definition) is 6. The first kappa shape index (κ1) is 25.6. The van der Waals surface area contributed by atoms with Crippen LogP contribution in [0.3, 0.4) is 0 Å². The van der Waals surface area contributed by atoms with Crippen LogP contribution in [-0.4, -0.2) is 61.6 Å². The lowest BCUT2D eigenvalue weighted by molar-refractivity contribution is -0.134. The third kappa shape index (κ3) is 6.20. The summed E-state index contributed by atoms with van der Waals surface area (Å²) in [6.45, 7) is 6.24. The topological polar surface area (TPSA) is 112 Å². The molecule has 0 radical (unpaired) electrons. The van der Waals surface area contributed by atoms with Gasteiger partial charge in [-0.3, -0.25) is 9.78 Å². The molecule has 3 N–H and O–H groups in total. The van der Waals surface area contributed by atoms with Gasteiger partial charge in [0.25, 0.3) is 0 Å². The summed E-state index contributed by atoms with van der Waals surface area (Å²) in [5, 5.41) is 12.5. The standard InChI is InChI=1S/C26H36N4O4S/c1-26(2)16-21-6-3-7-23(24(21)28-18-26)35(33,34)29-22(15-20-5-4-11-27-17-20)25(32)30-12-8-19(9-13-30)10-14-31/h3-7,11,17,19,22,28-29,31H,8-10,12-16,18H2,1-2H3/t22-/m0/s1. The highest BCUT2D eigenvalue weighted by Crippen LogP contribution is 2.36. The second kappa shape index (κ2) is 10.6. The maximum atomic E-state index is 13.6. The van der Waals surface area contributed by atoms with E-state index < -0.39 is 16.1 Å². The molecule has 2 aliphatic rings. The quantitative estimate of drug-likeness (QED) is 0.514. The van der Waals surface area contributed by atoms with Crippen LogP contribution in [0.1, 0.15) is 44.2 Å². The fraction of sp³-hybridized carbons (Fsp3) is 0.538. The number of piperidine rings is 1. The predicted octanol–water partition coefficient (Wildman–Crippen LogP) is 2.59. The van der Waals surface area contributed by atoms with Gasteiger partial charge in [0.05, 0.1) is 5.69 Å². The number of carbonyl (C=O) groups is 1. The minimum atomic E-state index is -3.97. The molecule has 190 valence electrons. The molecule has 1 aromatic carbocycles. The summed E-state index contributed by atoms with van der Waals surface area (Å²) in [5.41, 5.74) is 2.41. The van der Waals surface area contributed by atoms with E-state index in [0.717, 1.165) is 36.8 Å². The van der Waals surface area contributed by atoms with Crippen LogP contribution in [0.5, 0.6) is 0 Å². The van der Waals surface area contributed by atoms with Crippen LogP contribution >= 0.6 is 0 Å². The molecule has 8 nitrogen and oxygen atoms in total. The van der Waals surface area contributed by atoms with Crippen LogP contribution in [-0.2, 0) is 27.7 Å². The number of aromatic nitrogens is 1. The van der Waals surface area contributed by atoms with Gasteiger partial charge in [-0.2, -0.15) is 4.72 Å². The number of aliphatic hydroxyl groups is 1. The Morgan fingerprint density at radius 2 is 2.03 bits per heavy atom. The number of anilines is 1. The summed E-state index contributed by atoms with van der Waals surface area (Å²) in [7, 11) is -3.97. The minimum Gasteiger partial charge on any atom is -0.396 e. The van der Waals surface area contributed by atoms with E-state index in [9.17, 15) is 18.3 Å². The average Bonchev–Trinajstić information content (AvgIpc) is 2.83. The monoisotopic (exact) mass is 500 g/mol. The van der Waals surface area contributed by atoms with Crippen LogP contribution in [0.25, 0.3) is 0 Å². The van der Waals surface area contributed by atoms with Crippen molar-refractivity contribution < 1.29 is 18.3 Å². The largest absolute Gasteiger partial charge is 0.396 e. The zero-order chi connectivity index (χ0) is 25.1. The molecule has 1 aromatic heterocycles. The van der Waals surface area contributed by atoms with Crippen molar-refractivity contribution >= 4 is 21.6 Å². The van der Waals surface area contributed by atoms with Crippen LogP contribution in [0, 0.1) is 11.3 Å². The highest BCUT2D eigenvalue weighted by atomic mass is 32.2. The van der Waals surface area contributed by atoms with Crippen molar-refractivity contribution in [1.29, 1.82) is 0 Å². The second-order valence-corrected chi connectivity index (χ2v) is 12.2. The lowest BCUT2D eigenvalue weighted by atomic mass is 9.82. The molecular formula is C26H36N4O4S. The predicted molar refractivity (Wildman–Crippen MR) is 135 cm³/mol. The third-order valence-electron chi connectivity index (χ3n) is 7.04. The number of amides is 1. The zero-order valence-corrected chi connectivity index (χ0v) is 21.4. The molecule has 35 heavy (non-hydrogen) atoms. The van der Waals surface area contributed by atoms with E-state index in [1.54, 1.807) is 35.5 Å². The fourth-order valence-electron chi connectivity index (χ4n) is 5.08. The van der Waals surface area contributed by atoms with Gasteiger partial charge in [0.15, 0.2) is 0 Å². The Balaban J connectivity index is 1.58. The Labute approximate surface area is 208 Å². The highest BCUT2D eigenvalue weighted by Gasteiger charge is 2.34. The van der Waals surface area contributed by atoms with E-state index in [2.05, 4.69) is 28.9 Å². The van der Waals surface area contributed by atoms with Gasteiger partial charge in [-0.1, -0.05) is 32.0 Å². The highest BCUT2D eigenvalue weighted by molar-refractivity contribution is 7.89. The summed E-state index contributed by atoms with van der Waals surface area (Å²) in [6, 6.07) is 8.01. The number of rotatable bonds is 8. The Hall–Kier alpha value is -2.49. The summed E-state index contributed by atoms with van der Waals surface area (Å²) in [4.78, 5) is 19.6. The first-order valence-corrected chi connectivity index (χ1v) is 13.8. The summed E-state index contributed by atoms with van der Waals surface area (Å²) < 4.78 is 30.0. The summed E-state index contributed by atoms with van der Waals surface area (Å²) in [5.74, 6) is 0.169. The average molecular weight is 501 g/mol. The molecule has 1 amide bonds. The number of para-hydroxylation sites is 1. The van der Waals surface area contributed by atoms with Gasteiger partial charge in [-0.25, -0.2) is 8.42 Å². The number of likely N-dealkylation sites (tertiary alicyclic amines) is 1. The first-order valence-electron chi connectivity index (χ1n) is 12.4. The molecule has 9 heteroatoms. The second-order valence-electron chi connectivity index (χ2n) is 10.5. The van der Waals surface area contributed by atoms with Gasteiger partial charge in [0.2, 0.25) is 15.9 Å². The molecule has 1 fully saturated rings. The number of fused-ring (bicyclic) bond motifs is 1. The van der Waals surface area contributed by atoms with Gasteiger partial charge < -0.3 is 15.3 Å². The number of aliphatic hydroxyl groups excluding tert-OH is 1. The SMILES string of the molecule is CC1(C)CNc2c(cccc2S(=O)(=O)N[C@@H](Cc2cccnc2)C(=O)N2CCC(CCO)CC2)C1. The Kier molecular flexibility index (Phi) is 7.78. The fourth-order valence-corrected chi connectivity index (χ4v) is 6.50. The molecule has 4 rings (SSSR count). The van der Waals surface area contributed by atoms with Crippen molar-refractivity contribution in [3.63, 3.8) is 0 Å². The Bertz CT molecular complexity index is 1130. The zero-order valence-electron chi connectivity index (χ0n) is 20.5. The third-order valence-corrected chi connectivity index (χ3v) is 8.55. The van der Waals surface area contributed by atoms with Crippen LogP contribution in [0.2, 0.25) is 0 Å².